The molecule has 1 aliphatic heterocycles. The molecule has 1 aromatic heterocycles. The number of hydrogen-bond donors (Lipinski definition) is 0. The lowest BCUT2D eigenvalue weighted by molar-refractivity contribution is -0.126. The van der Waals surface area contributed by atoms with Crippen molar-refractivity contribution in [2.75, 3.05) is 13.3 Å². The third kappa shape index (κ3) is 4.36. The van der Waals surface area contributed by atoms with Crippen molar-refractivity contribution in [2.24, 2.45) is 0 Å². The van der Waals surface area contributed by atoms with E-state index in [-0.39, 0.29) is 19.1 Å². The van der Waals surface area contributed by atoms with Gasteiger partial charge < -0.3 is 14.4 Å². The second-order valence-corrected chi connectivity index (χ2v) is 5.48. The zero-order chi connectivity index (χ0) is 17.5. The molecular formula is C19H17N3O3. The monoisotopic (exact) mass is 335 g/mol. The minimum atomic E-state index is -0.156. The Labute approximate surface area is 145 Å². The van der Waals surface area contributed by atoms with Crippen LogP contribution in [0.1, 0.15) is 17.5 Å². The Kier molecular flexibility index (Phi) is 5.27. The minimum absolute atomic E-state index is 0.156. The molecule has 0 fully saturated rings. The molecule has 2 heterocycles. The molecule has 1 aromatic carbocycles. The van der Waals surface area contributed by atoms with E-state index in [9.17, 15) is 4.79 Å². The maximum atomic E-state index is 12.5. The van der Waals surface area contributed by atoms with E-state index in [0.29, 0.717) is 24.6 Å². The Bertz CT molecular complexity index is 812. The van der Waals surface area contributed by atoms with Crippen molar-refractivity contribution in [1.82, 2.24) is 9.88 Å². The number of hydrogen-bond acceptors (Lipinski definition) is 5. The van der Waals surface area contributed by atoms with E-state index in [1.165, 1.54) is 6.08 Å². The predicted molar refractivity (Wildman–Crippen MR) is 91.5 cm³/mol. The number of amides is 1. The second kappa shape index (κ2) is 7.97. The average molecular weight is 335 g/mol. The van der Waals surface area contributed by atoms with Crippen molar-refractivity contribution in [3.05, 3.63) is 59.9 Å². The number of carbonyl (C=O) groups is 1. The smallest absolute Gasteiger partial charge is 0.246 e. The van der Waals surface area contributed by atoms with Crippen molar-refractivity contribution < 1.29 is 14.3 Å². The Hall–Kier alpha value is -3.33. The Morgan fingerprint density at radius 1 is 1.32 bits per heavy atom. The predicted octanol–water partition coefficient (Wildman–Crippen LogP) is 2.77. The first-order chi connectivity index (χ1) is 12.3. The fourth-order valence-corrected chi connectivity index (χ4v) is 2.45. The highest BCUT2D eigenvalue weighted by Crippen LogP contribution is 2.32. The molecule has 0 bridgehead atoms. The molecule has 126 valence electrons. The molecule has 1 aliphatic rings. The summed E-state index contributed by atoms with van der Waals surface area (Å²) >= 11 is 0. The van der Waals surface area contributed by atoms with E-state index in [2.05, 4.69) is 11.1 Å². The van der Waals surface area contributed by atoms with Crippen molar-refractivity contribution in [3.63, 3.8) is 0 Å². The summed E-state index contributed by atoms with van der Waals surface area (Å²) in [6.07, 6.45) is 6.92. The molecule has 2 aromatic rings. The molecule has 6 nitrogen and oxygen atoms in total. The average Bonchev–Trinajstić information content (AvgIpc) is 3.11. The van der Waals surface area contributed by atoms with Crippen LogP contribution in [0, 0.1) is 11.3 Å². The summed E-state index contributed by atoms with van der Waals surface area (Å²) in [5.41, 5.74) is 1.77. The lowest BCUT2D eigenvalue weighted by Crippen LogP contribution is -2.29. The van der Waals surface area contributed by atoms with Gasteiger partial charge >= 0.3 is 0 Å². The molecule has 25 heavy (non-hydrogen) atoms. The van der Waals surface area contributed by atoms with E-state index >= 15 is 0 Å². The highest BCUT2D eigenvalue weighted by Gasteiger charge is 2.14. The third-order valence-corrected chi connectivity index (χ3v) is 3.72. The van der Waals surface area contributed by atoms with Gasteiger partial charge in [-0.2, -0.15) is 5.26 Å². The van der Waals surface area contributed by atoms with Gasteiger partial charge in [-0.25, -0.2) is 0 Å². The van der Waals surface area contributed by atoms with Gasteiger partial charge in [0.2, 0.25) is 12.7 Å². The molecule has 3 rings (SSSR count). The van der Waals surface area contributed by atoms with Gasteiger partial charge in [0.25, 0.3) is 0 Å². The zero-order valence-electron chi connectivity index (χ0n) is 13.6. The highest BCUT2D eigenvalue weighted by atomic mass is 16.7. The second-order valence-electron chi connectivity index (χ2n) is 5.48. The van der Waals surface area contributed by atoms with E-state index in [1.807, 2.05) is 30.3 Å². The van der Waals surface area contributed by atoms with Crippen molar-refractivity contribution in [3.8, 4) is 17.6 Å². The topological polar surface area (TPSA) is 75.5 Å². The Morgan fingerprint density at radius 2 is 2.20 bits per heavy atom. The van der Waals surface area contributed by atoms with Crippen LogP contribution >= 0.6 is 0 Å². The summed E-state index contributed by atoms with van der Waals surface area (Å²) in [5, 5.41) is 8.82. The zero-order valence-corrected chi connectivity index (χ0v) is 13.6. The van der Waals surface area contributed by atoms with Crippen LogP contribution < -0.4 is 9.47 Å². The molecule has 0 spiro atoms. The van der Waals surface area contributed by atoms with Crippen LogP contribution in [-0.4, -0.2) is 29.1 Å². The highest BCUT2D eigenvalue weighted by molar-refractivity contribution is 5.91. The minimum Gasteiger partial charge on any atom is -0.454 e. The normalized spacial score (nSPS) is 12.1. The van der Waals surface area contributed by atoms with Crippen LogP contribution in [0.4, 0.5) is 0 Å². The van der Waals surface area contributed by atoms with Gasteiger partial charge in [0.15, 0.2) is 11.5 Å². The van der Waals surface area contributed by atoms with E-state index in [4.69, 9.17) is 14.7 Å². The quantitative estimate of drug-likeness (QED) is 0.759. The van der Waals surface area contributed by atoms with Crippen LogP contribution in [0.3, 0.4) is 0 Å². The van der Waals surface area contributed by atoms with Crippen LogP contribution in [0.5, 0.6) is 11.5 Å². The number of rotatable bonds is 6. The summed E-state index contributed by atoms with van der Waals surface area (Å²) < 4.78 is 10.6. The molecule has 6 heteroatoms. The van der Waals surface area contributed by atoms with E-state index in [1.54, 1.807) is 23.4 Å². The summed E-state index contributed by atoms with van der Waals surface area (Å²) in [5.74, 6) is 1.22. The number of fused-ring (bicyclic) bond motifs is 1. The van der Waals surface area contributed by atoms with Gasteiger partial charge in [0, 0.05) is 31.6 Å². The maximum absolute atomic E-state index is 12.5. The van der Waals surface area contributed by atoms with Crippen LogP contribution in [-0.2, 0) is 11.3 Å². The number of nitrogens with zero attached hydrogens (tertiary/aromatic N) is 3. The van der Waals surface area contributed by atoms with Crippen molar-refractivity contribution in [1.29, 1.82) is 5.26 Å². The van der Waals surface area contributed by atoms with Gasteiger partial charge in [0.1, 0.15) is 0 Å². The molecular weight excluding hydrogens is 318 g/mol. The van der Waals surface area contributed by atoms with Crippen LogP contribution in [0.2, 0.25) is 0 Å². The van der Waals surface area contributed by atoms with Crippen LogP contribution in [0.15, 0.2) is 48.8 Å². The van der Waals surface area contributed by atoms with Crippen LogP contribution in [0.25, 0.3) is 6.08 Å². The number of ether oxygens (including phenoxy) is 2. The first-order valence-electron chi connectivity index (χ1n) is 7.89. The first kappa shape index (κ1) is 16.5. The van der Waals surface area contributed by atoms with Gasteiger partial charge in [-0.1, -0.05) is 12.1 Å². The molecule has 0 N–H and O–H groups in total. The first-order valence-corrected chi connectivity index (χ1v) is 7.89. The molecule has 0 saturated heterocycles. The summed E-state index contributed by atoms with van der Waals surface area (Å²) in [6.45, 7) is 1.00. The molecule has 0 atom stereocenters. The summed E-state index contributed by atoms with van der Waals surface area (Å²) in [4.78, 5) is 18.2. The Morgan fingerprint density at radius 3 is 3.00 bits per heavy atom. The lowest BCUT2D eigenvalue weighted by Gasteiger charge is -2.19. The van der Waals surface area contributed by atoms with Gasteiger partial charge in [-0.15, -0.1) is 0 Å². The molecule has 0 radical (unpaired) electrons. The number of nitriles is 1. The molecule has 0 saturated carbocycles. The number of aromatic nitrogens is 1. The SMILES string of the molecule is N#CCCN(Cc1cccnc1)C(=O)C=Cc1ccc2c(c1)OCO2. The number of carbonyl (C=O) groups excluding carboxylic acids is 1. The Balaban J connectivity index is 1.70. The number of pyridine rings is 1. The largest absolute Gasteiger partial charge is 0.454 e. The third-order valence-electron chi connectivity index (χ3n) is 3.72. The number of benzene rings is 1. The fourth-order valence-electron chi connectivity index (χ4n) is 2.45. The lowest BCUT2D eigenvalue weighted by atomic mass is 10.2. The molecule has 0 aliphatic carbocycles. The summed E-state index contributed by atoms with van der Waals surface area (Å²) in [6, 6.07) is 11.3. The fraction of sp³-hybridized carbons (Fsp3) is 0.211. The molecule has 1 amide bonds. The summed E-state index contributed by atoms with van der Waals surface area (Å²) in [7, 11) is 0. The van der Waals surface area contributed by atoms with E-state index in [0.717, 1.165) is 11.1 Å². The van der Waals surface area contributed by atoms with Crippen molar-refractivity contribution in [2.45, 2.75) is 13.0 Å². The van der Waals surface area contributed by atoms with Crippen molar-refractivity contribution >= 4 is 12.0 Å². The molecule has 0 unspecified atom stereocenters. The van der Waals surface area contributed by atoms with Gasteiger partial charge in [-0.05, 0) is 35.4 Å². The maximum Gasteiger partial charge on any atom is 0.246 e. The van der Waals surface area contributed by atoms with Gasteiger partial charge in [0.05, 0.1) is 12.5 Å². The van der Waals surface area contributed by atoms with E-state index < -0.39 is 0 Å². The van der Waals surface area contributed by atoms with Gasteiger partial charge in [-0.3, -0.25) is 9.78 Å². The standard InChI is InChI=1S/C19H17N3O3/c20-8-2-10-22(13-16-3-1-9-21-12-16)19(23)7-5-15-4-6-17-18(11-15)25-14-24-17/h1,3-7,9,11-12H,2,10,13-14H2.